The Hall–Kier alpha value is 1.53. The molecular weight excluding hydrogens is 450 g/mol. The van der Waals surface area contributed by atoms with Crippen LogP contribution < -0.4 is 0 Å². The minimum atomic E-state index is 0. The van der Waals surface area contributed by atoms with Gasteiger partial charge in [-0.15, -0.1) is 0 Å². The van der Waals surface area contributed by atoms with E-state index in [4.69, 9.17) is 2.81 Å². The number of hydrogen-bond acceptors (Lipinski definition) is 1. The fourth-order valence-corrected chi connectivity index (χ4v) is 0. The monoisotopic (exact) mass is 456 g/mol. The molecule has 0 aromatic carbocycles. The molecule has 0 aliphatic carbocycles. The molecule has 0 spiro atoms. The standard InChI is InChI=1S/2Bi.H2O.O.4H/h;;1H2;;;;;. The third kappa shape index (κ3) is 9.66. The third-order valence-electron chi connectivity index (χ3n) is 0. The van der Waals surface area contributed by atoms with Gasteiger partial charge in [-0.1, -0.05) is 0 Å². The molecule has 0 radical (unpaired) electrons. The van der Waals surface area contributed by atoms with Gasteiger partial charge in [0.1, 0.15) is 0 Å². The maximum absolute atomic E-state index is 8.39. The van der Waals surface area contributed by atoms with Crippen molar-refractivity contribution in [1.82, 2.24) is 0 Å². The van der Waals surface area contributed by atoms with Crippen LogP contribution in [0.5, 0.6) is 0 Å². The summed E-state index contributed by atoms with van der Waals surface area (Å²) in [5.41, 5.74) is 0. The minimum absolute atomic E-state index is 0. The average Bonchev–Trinajstić information content (AvgIpc) is 1.00. The van der Waals surface area contributed by atoms with Crippen LogP contribution in [0.3, 0.4) is 0 Å². The van der Waals surface area contributed by atoms with Gasteiger partial charge >= 0.3 is 53.7 Å². The summed E-state index contributed by atoms with van der Waals surface area (Å²) < 4.78 is 8.39. The van der Waals surface area contributed by atoms with Gasteiger partial charge in [-0.2, -0.15) is 0 Å². The fraction of sp³-hybridized carbons (Fsp3) is 0. The molecule has 4 heavy (non-hydrogen) atoms. The van der Waals surface area contributed by atoms with Crippen molar-refractivity contribution in [3.05, 3.63) is 0 Å². The van der Waals surface area contributed by atoms with Crippen molar-refractivity contribution in [2.24, 2.45) is 0 Å². The zero-order valence-electron chi connectivity index (χ0n) is 2.12. The SMILES string of the molecule is O.[BiH3].[O]=[BiH]. The van der Waals surface area contributed by atoms with Crippen molar-refractivity contribution in [3.63, 3.8) is 0 Å². The predicted octanol–water partition coefficient (Wildman–Crippen LogP) is -2.78. The molecule has 0 saturated heterocycles. The predicted molar refractivity (Wildman–Crippen MR) is 21.4 cm³/mol. The molecule has 0 aliphatic rings. The molecular formula is H6Bi2O2. The van der Waals surface area contributed by atoms with Crippen molar-refractivity contribution >= 4 is 50.9 Å². The average molecular weight is 456 g/mol. The Balaban J connectivity index is -0.00000000500. The Labute approximate surface area is 58.7 Å². The van der Waals surface area contributed by atoms with Crippen LogP contribution in [0.2, 0.25) is 0 Å². The molecule has 2 nitrogen and oxygen atoms in total. The second kappa shape index (κ2) is 24.2. The van der Waals surface area contributed by atoms with Gasteiger partial charge in [-0.25, -0.2) is 0 Å². The topological polar surface area (TPSA) is 48.6 Å². The Morgan fingerprint density at radius 2 is 1.25 bits per heavy atom. The van der Waals surface area contributed by atoms with Crippen LogP contribution in [-0.4, -0.2) is 56.4 Å². The van der Waals surface area contributed by atoms with E-state index in [1.807, 2.05) is 0 Å². The van der Waals surface area contributed by atoms with Gasteiger partial charge in [-0.05, 0) is 0 Å². The Bertz CT molecular complexity index is 4.00. The van der Waals surface area contributed by atoms with Gasteiger partial charge in [0, 0.05) is 0 Å². The normalized spacial score (nSPS) is 1.00. The summed E-state index contributed by atoms with van der Waals surface area (Å²) in [5, 5.41) is 0. The summed E-state index contributed by atoms with van der Waals surface area (Å²) >= 11 is 0.0556. The van der Waals surface area contributed by atoms with E-state index in [0.29, 0.717) is 0 Å². The second-order valence-corrected chi connectivity index (χ2v) is 0. The molecule has 0 fully saturated rings. The summed E-state index contributed by atoms with van der Waals surface area (Å²) in [6, 6.07) is 0. The Morgan fingerprint density at radius 1 is 1.25 bits per heavy atom. The van der Waals surface area contributed by atoms with E-state index in [0.717, 1.165) is 0 Å². The van der Waals surface area contributed by atoms with Crippen molar-refractivity contribution in [2.45, 2.75) is 0 Å². The van der Waals surface area contributed by atoms with Crippen LogP contribution in [-0.2, 0) is 2.81 Å². The van der Waals surface area contributed by atoms with Gasteiger partial charge in [0.2, 0.25) is 0 Å². The van der Waals surface area contributed by atoms with Crippen molar-refractivity contribution in [1.29, 1.82) is 0 Å². The van der Waals surface area contributed by atoms with E-state index in [-0.39, 0.29) is 56.4 Å². The van der Waals surface area contributed by atoms with E-state index in [2.05, 4.69) is 0 Å². The van der Waals surface area contributed by atoms with Crippen molar-refractivity contribution in [3.8, 4) is 0 Å². The summed E-state index contributed by atoms with van der Waals surface area (Å²) in [6.07, 6.45) is 0. The molecule has 4 heteroatoms. The van der Waals surface area contributed by atoms with E-state index in [1.54, 1.807) is 0 Å². The Kier molecular flexibility index (Phi) is 107. The molecule has 2 N–H and O–H groups in total. The molecule has 0 bridgehead atoms. The maximum atomic E-state index is 8.39. The zero-order chi connectivity index (χ0) is 2.00. The van der Waals surface area contributed by atoms with Gasteiger partial charge in [-0.3, -0.25) is 0 Å². The number of rotatable bonds is 0. The van der Waals surface area contributed by atoms with Crippen LogP contribution in [0.4, 0.5) is 0 Å². The summed E-state index contributed by atoms with van der Waals surface area (Å²) in [7, 11) is 0. The van der Waals surface area contributed by atoms with E-state index in [1.165, 1.54) is 0 Å². The molecule has 0 saturated carbocycles. The Morgan fingerprint density at radius 3 is 1.25 bits per heavy atom. The van der Waals surface area contributed by atoms with Crippen LogP contribution in [0.1, 0.15) is 0 Å². The third-order valence-corrected chi connectivity index (χ3v) is 0. The summed E-state index contributed by atoms with van der Waals surface area (Å²) in [5.74, 6) is 0. The van der Waals surface area contributed by atoms with Crippen LogP contribution in [0.25, 0.3) is 0 Å². The van der Waals surface area contributed by atoms with Crippen LogP contribution >= 0.6 is 0 Å². The molecule has 0 aromatic rings. The van der Waals surface area contributed by atoms with Gasteiger partial charge < -0.3 is 5.48 Å². The molecule has 0 heterocycles. The van der Waals surface area contributed by atoms with E-state index >= 15 is 0 Å². The van der Waals surface area contributed by atoms with E-state index < -0.39 is 0 Å². The number of hydrogen-bond donors (Lipinski definition) is 0. The summed E-state index contributed by atoms with van der Waals surface area (Å²) in [6.45, 7) is 0. The molecule has 0 amide bonds. The first-order valence-electron chi connectivity index (χ1n) is 0.204. The molecule has 0 atom stereocenters. The molecule has 0 rings (SSSR count). The molecule has 0 aliphatic heterocycles. The second-order valence-electron chi connectivity index (χ2n) is 0. The zero-order valence-corrected chi connectivity index (χ0v) is 11.5. The fourth-order valence-electron chi connectivity index (χ4n) is 0. The summed E-state index contributed by atoms with van der Waals surface area (Å²) in [4.78, 5) is 0. The quantitative estimate of drug-likeness (QED) is 0.365. The first-order chi connectivity index (χ1) is 1.00. The van der Waals surface area contributed by atoms with Gasteiger partial charge in [0.05, 0.1) is 0 Å². The molecule has 0 aromatic heterocycles. The first-order valence-corrected chi connectivity index (χ1v) is 1.79. The van der Waals surface area contributed by atoms with E-state index in [9.17, 15) is 0 Å². The van der Waals surface area contributed by atoms with Crippen molar-refractivity contribution in [2.75, 3.05) is 0 Å². The molecule has 28 valence electrons. The molecule has 0 unspecified atom stereocenters. The van der Waals surface area contributed by atoms with Gasteiger partial charge in [0.25, 0.3) is 0 Å². The first kappa shape index (κ1) is 17.7. The van der Waals surface area contributed by atoms with Crippen LogP contribution in [0, 0.1) is 0 Å². The van der Waals surface area contributed by atoms with Crippen LogP contribution in [0.15, 0.2) is 0 Å². The van der Waals surface area contributed by atoms with Crippen molar-refractivity contribution < 1.29 is 8.29 Å². The van der Waals surface area contributed by atoms with Gasteiger partial charge in [0.15, 0.2) is 0 Å².